The Morgan fingerprint density at radius 1 is 1.60 bits per heavy atom. The van der Waals surface area contributed by atoms with Crippen LogP contribution in [-0.2, 0) is 14.3 Å². The van der Waals surface area contributed by atoms with Crippen LogP contribution in [0.15, 0.2) is 0 Å². The van der Waals surface area contributed by atoms with Crippen LogP contribution in [0.3, 0.4) is 0 Å². The highest BCUT2D eigenvalue weighted by Gasteiger charge is 2.23. The smallest absolute Gasteiger partial charge is 0.308 e. The highest BCUT2D eigenvalue weighted by Crippen LogP contribution is 2.11. The van der Waals surface area contributed by atoms with E-state index in [-0.39, 0.29) is 12.1 Å². The molecule has 0 aromatic carbocycles. The van der Waals surface area contributed by atoms with Gasteiger partial charge in [0.15, 0.2) is 0 Å². The van der Waals surface area contributed by atoms with E-state index in [4.69, 9.17) is 4.74 Å². The molecular formula is C11H21NO3. The summed E-state index contributed by atoms with van der Waals surface area (Å²) in [5, 5.41) is 0. The number of hydrogen-bond acceptors (Lipinski definition) is 4. The molecule has 0 radical (unpaired) electrons. The first-order valence-electron chi connectivity index (χ1n) is 5.52. The molecule has 1 aliphatic heterocycles. The van der Waals surface area contributed by atoms with Gasteiger partial charge in [-0.2, -0.15) is 0 Å². The molecule has 0 bridgehead atoms. The molecule has 1 aliphatic rings. The predicted molar refractivity (Wildman–Crippen MR) is 57.7 cm³/mol. The minimum Gasteiger partial charge on any atom is -0.469 e. The van der Waals surface area contributed by atoms with Crippen molar-refractivity contribution in [3.05, 3.63) is 0 Å². The normalized spacial score (nSPS) is 23.1. The van der Waals surface area contributed by atoms with Gasteiger partial charge in [-0.1, -0.05) is 13.8 Å². The van der Waals surface area contributed by atoms with Crippen LogP contribution in [0.1, 0.15) is 20.3 Å². The topological polar surface area (TPSA) is 38.8 Å². The number of methoxy groups -OCH3 is 1. The first-order chi connectivity index (χ1) is 7.11. The van der Waals surface area contributed by atoms with Crippen molar-refractivity contribution in [1.29, 1.82) is 0 Å². The van der Waals surface area contributed by atoms with Crippen LogP contribution < -0.4 is 0 Å². The molecule has 1 heterocycles. The monoisotopic (exact) mass is 215 g/mol. The summed E-state index contributed by atoms with van der Waals surface area (Å²) < 4.78 is 10.2. The summed E-state index contributed by atoms with van der Waals surface area (Å²) in [6, 6.07) is 0. The highest BCUT2D eigenvalue weighted by atomic mass is 16.5. The van der Waals surface area contributed by atoms with E-state index in [1.165, 1.54) is 7.11 Å². The van der Waals surface area contributed by atoms with Crippen LogP contribution >= 0.6 is 0 Å². The van der Waals surface area contributed by atoms with Gasteiger partial charge in [-0.3, -0.25) is 9.69 Å². The fourth-order valence-electron chi connectivity index (χ4n) is 1.86. The van der Waals surface area contributed by atoms with Crippen molar-refractivity contribution in [2.45, 2.75) is 26.4 Å². The zero-order valence-electron chi connectivity index (χ0n) is 9.86. The molecule has 4 heteroatoms. The van der Waals surface area contributed by atoms with Gasteiger partial charge in [0.1, 0.15) is 0 Å². The van der Waals surface area contributed by atoms with E-state index < -0.39 is 0 Å². The number of esters is 1. The van der Waals surface area contributed by atoms with Crippen LogP contribution in [0, 0.1) is 5.92 Å². The largest absolute Gasteiger partial charge is 0.469 e. The summed E-state index contributed by atoms with van der Waals surface area (Å²) in [5.41, 5.74) is 0. The summed E-state index contributed by atoms with van der Waals surface area (Å²) in [5.74, 6) is 0.466. The van der Waals surface area contributed by atoms with Crippen LogP contribution in [0.5, 0.6) is 0 Å². The molecule has 88 valence electrons. The third-order valence-electron chi connectivity index (χ3n) is 2.47. The summed E-state index contributed by atoms with van der Waals surface area (Å²) in [4.78, 5) is 13.4. The van der Waals surface area contributed by atoms with Gasteiger partial charge in [-0.15, -0.1) is 0 Å². The standard InChI is InChI=1S/C11H21NO3/c1-9(2)7-12-4-5-15-10(8-12)6-11(13)14-3/h9-10H,4-8H2,1-3H3. The Hall–Kier alpha value is -0.610. The Balaban J connectivity index is 2.32. The number of hydrogen-bond donors (Lipinski definition) is 0. The second-order valence-electron chi connectivity index (χ2n) is 4.43. The molecule has 1 unspecified atom stereocenters. The molecule has 1 fully saturated rings. The van der Waals surface area contributed by atoms with Gasteiger partial charge in [-0.25, -0.2) is 0 Å². The van der Waals surface area contributed by atoms with Gasteiger partial charge in [-0.05, 0) is 5.92 Å². The lowest BCUT2D eigenvalue weighted by molar-refractivity contribution is -0.145. The Labute approximate surface area is 91.5 Å². The van der Waals surface area contributed by atoms with Crippen molar-refractivity contribution in [2.24, 2.45) is 5.92 Å². The van der Waals surface area contributed by atoms with Crippen molar-refractivity contribution in [3.63, 3.8) is 0 Å². The van der Waals surface area contributed by atoms with E-state index in [0.717, 1.165) is 19.6 Å². The minimum absolute atomic E-state index is 0.00458. The van der Waals surface area contributed by atoms with Gasteiger partial charge >= 0.3 is 5.97 Å². The Kier molecular flexibility index (Phi) is 5.05. The molecule has 1 saturated heterocycles. The van der Waals surface area contributed by atoms with Crippen LogP contribution in [0.2, 0.25) is 0 Å². The summed E-state index contributed by atoms with van der Waals surface area (Å²) in [6.07, 6.45) is 0.371. The zero-order chi connectivity index (χ0) is 11.3. The lowest BCUT2D eigenvalue weighted by atomic mass is 10.1. The fourth-order valence-corrected chi connectivity index (χ4v) is 1.86. The van der Waals surface area contributed by atoms with E-state index in [1.807, 2.05) is 0 Å². The summed E-state index contributed by atoms with van der Waals surface area (Å²) in [7, 11) is 1.41. The second kappa shape index (κ2) is 6.08. The molecule has 0 spiro atoms. The van der Waals surface area contributed by atoms with Crippen LogP contribution in [0.4, 0.5) is 0 Å². The molecule has 0 saturated carbocycles. The number of morpholine rings is 1. The number of nitrogens with zero attached hydrogens (tertiary/aromatic N) is 1. The van der Waals surface area contributed by atoms with E-state index in [0.29, 0.717) is 18.9 Å². The molecule has 15 heavy (non-hydrogen) atoms. The van der Waals surface area contributed by atoms with Crippen LogP contribution in [0.25, 0.3) is 0 Å². The Morgan fingerprint density at radius 2 is 2.33 bits per heavy atom. The van der Waals surface area contributed by atoms with Gasteiger partial charge in [0.05, 0.1) is 26.2 Å². The fraction of sp³-hybridized carbons (Fsp3) is 0.909. The molecule has 4 nitrogen and oxygen atoms in total. The van der Waals surface area contributed by atoms with E-state index in [9.17, 15) is 4.79 Å². The quantitative estimate of drug-likeness (QED) is 0.653. The van der Waals surface area contributed by atoms with E-state index >= 15 is 0 Å². The first kappa shape index (κ1) is 12.5. The lowest BCUT2D eigenvalue weighted by Gasteiger charge is -2.33. The van der Waals surface area contributed by atoms with Crippen molar-refractivity contribution in [3.8, 4) is 0 Å². The number of rotatable bonds is 4. The lowest BCUT2D eigenvalue weighted by Crippen LogP contribution is -2.44. The third-order valence-corrected chi connectivity index (χ3v) is 2.47. The third kappa shape index (κ3) is 4.62. The zero-order valence-corrected chi connectivity index (χ0v) is 9.86. The average Bonchev–Trinajstić information content (AvgIpc) is 2.17. The maximum Gasteiger partial charge on any atom is 0.308 e. The first-order valence-corrected chi connectivity index (χ1v) is 5.52. The van der Waals surface area contributed by atoms with Crippen LogP contribution in [-0.4, -0.2) is 50.3 Å². The van der Waals surface area contributed by atoms with Crippen molar-refractivity contribution < 1.29 is 14.3 Å². The molecule has 0 amide bonds. The van der Waals surface area contributed by atoms with Gasteiger partial charge in [0, 0.05) is 19.6 Å². The average molecular weight is 215 g/mol. The maximum atomic E-state index is 11.1. The Bertz CT molecular complexity index is 206. The molecule has 1 atom stereocenters. The Morgan fingerprint density at radius 3 is 2.93 bits per heavy atom. The van der Waals surface area contributed by atoms with E-state index in [2.05, 4.69) is 23.5 Å². The van der Waals surface area contributed by atoms with Gasteiger partial charge < -0.3 is 9.47 Å². The highest BCUT2D eigenvalue weighted by molar-refractivity contribution is 5.69. The molecule has 0 aromatic heterocycles. The predicted octanol–water partition coefficient (Wildman–Crippen LogP) is 0.906. The van der Waals surface area contributed by atoms with Crippen molar-refractivity contribution in [2.75, 3.05) is 33.4 Å². The molecule has 1 rings (SSSR count). The maximum absolute atomic E-state index is 11.1. The number of carbonyl (C=O) groups is 1. The molecule has 0 aliphatic carbocycles. The van der Waals surface area contributed by atoms with Gasteiger partial charge in [0.2, 0.25) is 0 Å². The van der Waals surface area contributed by atoms with Crippen molar-refractivity contribution in [1.82, 2.24) is 4.90 Å². The summed E-state index contributed by atoms with van der Waals surface area (Å²) >= 11 is 0. The SMILES string of the molecule is COC(=O)CC1CN(CC(C)C)CCO1. The number of carbonyl (C=O) groups excluding carboxylic acids is 1. The second-order valence-corrected chi connectivity index (χ2v) is 4.43. The van der Waals surface area contributed by atoms with Crippen molar-refractivity contribution >= 4 is 5.97 Å². The molecule has 0 N–H and O–H groups in total. The molecular weight excluding hydrogens is 194 g/mol. The van der Waals surface area contributed by atoms with Gasteiger partial charge in [0.25, 0.3) is 0 Å². The van der Waals surface area contributed by atoms with E-state index in [1.54, 1.807) is 0 Å². The molecule has 0 aromatic rings. The number of ether oxygens (including phenoxy) is 2. The summed E-state index contributed by atoms with van der Waals surface area (Å²) in [6.45, 7) is 7.99. The minimum atomic E-state index is -0.189.